The van der Waals surface area contributed by atoms with Gasteiger partial charge in [0, 0.05) is 35.3 Å². The van der Waals surface area contributed by atoms with Crippen molar-refractivity contribution in [2.45, 2.75) is 23.5 Å². The number of rotatable bonds is 4. The molecular weight excluding hydrogens is 336 g/mol. The molecule has 0 aliphatic heterocycles. The van der Waals surface area contributed by atoms with E-state index in [1.165, 1.54) is 17.8 Å². The third-order valence-corrected chi connectivity index (χ3v) is 5.16. The Hall–Kier alpha value is -2.93. The van der Waals surface area contributed by atoms with E-state index in [0.717, 1.165) is 33.0 Å². The van der Waals surface area contributed by atoms with Gasteiger partial charge in [-0.25, -0.2) is 4.98 Å². The topological polar surface area (TPSA) is 73.8 Å². The Morgan fingerprint density at radius 1 is 1.16 bits per heavy atom. The molecule has 4 aromatic rings. The highest BCUT2D eigenvalue weighted by atomic mass is 32.2. The quantitative estimate of drug-likeness (QED) is 0.395. The van der Waals surface area contributed by atoms with Crippen molar-refractivity contribution >= 4 is 39.3 Å². The molecule has 0 aliphatic carbocycles. The van der Waals surface area contributed by atoms with Crippen molar-refractivity contribution in [2.24, 2.45) is 0 Å². The standard InChI is InChI=1S/C18H14N4O2S/c1-2-21-16-6-4-3-5-14(16)20-18(21)25-17-8-7-15(22(23)24)13-11-19-10-9-12(13)17/h3-11H,2H2,1H3. The highest BCUT2D eigenvalue weighted by molar-refractivity contribution is 7.99. The first kappa shape index (κ1) is 15.6. The van der Waals surface area contributed by atoms with Gasteiger partial charge in [-0.2, -0.15) is 0 Å². The van der Waals surface area contributed by atoms with Gasteiger partial charge in [0.1, 0.15) is 0 Å². The van der Waals surface area contributed by atoms with Gasteiger partial charge in [-0.1, -0.05) is 23.9 Å². The van der Waals surface area contributed by atoms with Crippen molar-refractivity contribution in [1.29, 1.82) is 0 Å². The van der Waals surface area contributed by atoms with Crippen molar-refractivity contribution < 1.29 is 4.92 Å². The average molecular weight is 350 g/mol. The summed E-state index contributed by atoms with van der Waals surface area (Å²) in [5, 5.41) is 13.5. The predicted molar refractivity (Wildman–Crippen MR) is 97.9 cm³/mol. The molecule has 0 N–H and O–H groups in total. The second-order valence-corrected chi connectivity index (χ2v) is 6.50. The molecule has 0 spiro atoms. The van der Waals surface area contributed by atoms with Crippen LogP contribution >= 0.6 is 11.8 Å². The number of nitro benzene ring substituents is 1. The summed E-state index contributed by atoms with van der Waals surface area (Å²) in [7, 11) is 0. The Morgan fingerprint density at radius 3 is 2.80 bits per heavy atom. The maximum absolute atomic E-state index is 11.3. The maximum atomic E-state index is 11.3. The van der Waals surface area contributed by atoms with E-state index < -0.39 is 0 Å². The van der Waals surface area contributed by atoms with Crippen LogP contribution in [0.25, 0.3) is 21.8 Å². The number of fused-ring (bicyclic) bond motifs is 2. The molecule has 0 unspecified atom stereocenters. The smallest absolute Gasteiger partial charge is 0.278 e. The number of pyridine rings is 1. The van der Waals surface area contributed by atoms with Crippen LogP contribution in [0.15, 0.2) is 64.9 Å². The van der Waals surface area contributed by atoms with Gasteiger partial charge in [0.15, 0.2) is 5.16 Å². The maximum Gasteiger partial charge on any atom is 0.278 e. The normalized spacial score (nSPS) is 11.2. The Labute approximate surface area is 147 Å². The van der Waals surface area contributed by atoms with Crippen LogP contribution in [-0.4, -0.2) is 19.5 Å². The first-order valence-corrected chi connectivity index (χ1v) is 8.65. The molecule has 0 saturated heterocycles. The van der Waals surface area contributed by atoms with E-state index >= 15 is 0 Å². The molecule has 2 heterocycles. The summed E-state index contributed by atoms with van der Waals surface area (Å²) in [5.74, 6) is 0. The fourth-order valence-electron chi connectivity index (χ4n) is 2.93. The number of hydrogen-bond acceptors (Lipinski definition) is 5. The molecule has 25 heavy (non-hydrogen) atoms. The van der Waals surface area contributed by atoms with Crippen LogP contribution in [0.3, 0.4) is 0 Å². The number of nitrogens with zero attached hydrogens (tertiary/aromatic N) is 4. The Balaban J connectivity index is 1.87. The largest absolute Gasteiger partial charge is 0.319 e. The van der Waals surface area contributed by atoms with Gasteiger partial charge < -0.3 is 4.57 Å². The van der Waals surface area contributed by atoms with Gasteiger partial charge in [-0.3, -0.25) is 15.1 Å². The predicted octanol–water partition coefficient (Wildman–Crippen LogP) is 4.66. The zero-order valence-electron chi connectivity index (χ0n) is 13.4. The first-order valence-electron chi connectivity index (χ1n) is 7.83. The zero-order valence-corrected chi connectivity index (χ0v) is 14.2. The minimum atomic E-state index is -0.375. The second-order valence-electron chi connectivity index (χ2n) is 5.49. The van der Waals surface area contributed by atoms with E-state index in [9.17, 15) is 10.1 Å². The monoisotopic (exact) mass is 350 g/mol. The molecule has 4 rings (SSSR count). The number of hydrogen-bond donors (Lipinski definition) is 0. The van der Waals surface area contributed by atoms with E-state index in [2.05, 4.69) is 16.5 Å². The third kappa shape index (κ3) is 2.62. The van der Waals surface area contributed by atoms with Gasteiger partial charge in [-0.15, -0.1) is 0 Å². The fraction of sp³-hybridized carbons (Fsp3) is 0.111. The fourth-order valence-corrected chi connectivity index (χ4v) is 4.03. The molecule has 0 amide bonds. The summed E-state index contributed by atoms with van der Waals surface area (Å²) in [6.45, 7) is 2.88. The van der Waals surface area contributed by atoms with Crippen LogP contribution in [0.2, 0.25) is 0 Å². The van der Waals surface area contributed by atoms with Gasteiger partial charge in [0.05, 0.1) is 21.3 Å². The minimum absolute atomic E-state index is 0.0662. The van der Waals surface area contributed by atoms with Crippen LogP contribution in [0.4, 0.5) is 5.69 Å². The lowest BCUT2D eigenvalue weighted by Gasteiger charge is -2.08. The van der Waals surface area contributed by atoms with Gasteiger partial charge >= 0.3 is 0 Å². The van der Waals surface area contributed by atoms with E-state index in [0.29, 0.717) is 5.39 Å². The van der Waals surface area contributed by atoms with Crippen molar-refractivity contribution in [3.05, 3.63) is 65.0 Å². The SMILES string of the molecule is CCn1c(Sc2ccc([N+](=O)[O-])c3cnccc23)nc2ccccc21. The summed E-state index contributed by atoms with van der Waals surface area (Å²) in [5.41, 5.74) is 2.09. The molecule has 0 radical (unpaired) electrons. The summed E-state index contributed by atoms with van der Waals surface area (Å²) in [4.78, 5) is 20.6. The number of non-ortho nitro benzene ring substituents is 1. The molecule has 0 aliphatic rings. The van der Waals surface area contributed by atoms with Crippen molar-refractivity contribution in [1.82, 2.24) is 14.5 Å². The van der Waals surface area contributed by atoms with Crippen LogP contribution in [-0.2, 0) is 6.54 Å². The van der Waals surface area contributed by atoms with Crippen LogP contribution in [0, 0.1) is 10.1 Å². The number of benzene rings is 2. The molecule has 0 fully saturated rings. The lowest BCUT2D eigenvalue weighted by atomic mass is 10.1. The number of nitro groups is 1. The third-order valence-electron chi connectivity index (χ3n) is 4.09. The number of aryl methyl sites for hydroxylation is 1. The van der Waals surface area contributed by atoms with Crippen LogP contribution in [0.5, 0.6) is 0 Å². The van der Waals surface area contributed by atoms with Crippen molar-refractivity contribution in [2.75, 3.05) is 0 Å². The van der Waals surface area contributed by atoms with Gasteiger partial charge in [0.2, 0.25) is 0 Å². The number of para-hydroxylation sites is 2. The highest BCUT2D eigenvalue weighted by Gasteiger charge is 2.17. The summed E-state index contributed by atoms with van der Waals surface area (Å²) < 4.78 is 2.15. The average Bonchev–Trinajstić information content (AvgIpc) is 2.98. The highest BCUT2D eigenvalue weighted by Crippen LogP contribution is 2.37. The summed E-state index contributed by atoms with van der Waals surface area (Å²) in [6.07, 6.45) is 3.19. The molecule has 0 atom stereocenters. The molecule has 7 heteroatoms. The van der Waals surface area contributed by atoms with Crippen molar-refractivity contribution in [3.63, 3.8) is 0 Å². The molecule has 0 bridgehead atoms. The lowest BCUT2D eigenvalue weighted by molar-refractivity contribution is -0.383. The van der Waals surface area contributed by atoms with E-state index in [1.807, 2.05) is 30.3 Å². The Morgan fingerprint density at radius 2 is 2.00 bits per heavy atom. The molecule has 2 aromatic carbocycles. The summed E-state index contributed by atoms with van der Waals surface area (Å²) >= 11 is 1.52. The van der Waals surface area contributed by atoms with Crippen LogP contribution < -0.4 is 0 Å². The first-order chi connectivity index (χ1) is 12.2. The zero-order chi connectivity index (χ0) is 17.4. The minimum Gasteiger partial charge on any atom is -0.319 e. The summed E-state index contributed by atoms with van der Waals surface area (Å²) in [6, 6.07) is 13.1. The number of aromatic nitrogens is 3. The van der Waals surface area contributed by atoms with E-state index in [-0.39, 0.29) is 10.6 Å². The molecule has 124 valence electrons. The second kappa shape index (κ2) is 6.18. The van der Waals surface area contributed by atoms with Crippen molar-refractivity contribution in [3.8, 4) is 0 Å². The van der Waals surface area contributed by atoms with Gasteiger partial charge in [0.25, 0.3) is 5.69 Å². The molecular formula is C18H14N4O2S. The van der Waals surface area contributed by atoms with E-state index in [4.69, 9.17) is 4.98 Å². The lowest BCUT2D eigenvalue weighted by Crippen LogP contribution is -1.96. The van der Waals surface area contributed by atoms with Gasteiger partial charge in [-0.05, 0) is 31.2 Å². The number of imidazole rings is 1. The Bertz CT molecular complexity index is 1110. The molecule has 2 aromatic heterocycles. The Kier molecular flexibility index (Phi) is 3.85. The van der Waals surface area contributed by atoms with E-state index in [1.54, 1.807) is 18.5 Å². The van der Waals surface area contributed by atoms with Crippen LogP contribution in [0.1, 0.15) is 6.92 Å². The molecule has 6 nitrogen and oxygen atoms in total. The molecule has 0 saturated carbocycles.